The van der Waals surface area contributed by atoms with Crippen LogP contribution >= 0.6 is 0 Å². The molecule has 5 N–H and O–H groups in total. The van der Waals surface area contributed by atoms with Crippen LogP contribution in [0.3, 0.4) is 0 Å². The van der Waals surface area contributed by atoms with Gasteiger partial charge in [0.25, 0.3) is 0 Å². The standard InChI is InChI=1S/C13H18N4O4/c1-8(18)16-9-3-4-11(21-2)10(5-9)17-13(20)7-15-12(19)6-14/h3-5H,6-7,14H2,1-2H3,(H,15,19)(H,16,18)(H,17,20). The lowest BCUT2D eigenvalue weighted by molar-refractivity contribution is -0.123. The third kappa shape index (κ3) is 5.49. The summed E-state index contributed by atoms with van der Waals surface area (Å²) < 4.78 is 5.12. The minimum absolute atomic E-state index is 0.186. The Kier molecular flexibility index (Phi) is 6.15. The maximum absolute atomic E-state index is 11.7. The third-order valence-electron chi connectivity index (χ3n) is 2.43. The number of benzene rings is 1. The van der Waals surface area contributed by atoms with Crippen LogP contribution in [0.1, 0.15) is 6.92 Å². The van der Waals surface area contributed by atoms with Crippen molar-refractivity contribution in [3.05, 3.63) is 18.2 Å². The van der Waals surface area contributed by atoms with Crippen LogP contribution < -0.4 is 26.4 Å². The van der Waals surface area contributed by atoms with Crippen LogP contribution in [-0.2, 0) is 14.4 Å². The summed E-state index contributed by atoms with van der Waals surface area (Å²) in [4.78, 5) is 33.7. The first-order chi connectivity index (χ1) is 9.96. The fraction of sp³-hybridized carbons (Fsp3) is 0.308. The molecule has 0 unspecified atom stereocenters. The molecule has 0 aliphatic heterocycles. The van der Waals surface area contributed by atoms with E-state index in [-0.39, 0.29) is 19.0 Å². The van der Waals surface area contributed by atoms with E-state index in [1.54, 1.807) is 18.2 Å². The molecule has 8 heteroatoms. The van der Waals surface area contributed by atoms with Gasteiger partial charge in [0.15, 0.2) is 0 Å². The topological polar surface area (TPSA) is 123 Å². The fourth-order valence-electron chi connectivity index (χ4n) is 1.53. The second kappa shape index (κ2) is 7.85. The summed E-state index contributed by atoms with van der Waals surface area (Å²) in [6, 6.07) is 4.81. The summed E-state index contributed by atoms with van der Waals surface area (Å²) in [5.41, 5.74) is 6.02. The predicted molar refractivity (Wildman–Crippen MR) is 78.0 cm³/mol. The molecule has 3 amide bonds. The number of methoxy groups -OCH3 is 1. The van der Waals surface area contributed by atoms with Crippen molar-refractivity contribution in [3.8, 4) is 5.75 Å². The molecule has 0 bridgehead atoms. The average Bonchev–Trinajstić information content (AvgIpc) is 2.44. The van der Waals surface area contributed by atoms with E-state index < -0.39 is 11.8 Å². The molecule has 0 fully saturated rings. The molecule has 1 aromatic carbocycles. The predicted octanol–water partition coefficient (Wildman–Crippen LogP) is -0.333. The van der Waals surface area contributed by atoms with Crippen molar-refractivity contribution in [2.75, 3.05) is 30.8 Å². The van der Waals surface area contributed by atoms with Crippen molar-refractivity contribution < 1.29 is 19.1 Å². The minimum Gasteiger partial charge on any atom is -0.495 e. The molecule has 114 valence electrons. The molecule has 0 aromatic heterocycles. The molecular weight excluding hydrogens is 276 g/mol. The van der Waals surface area contributed by atoms with Crippen LogP contribution in [0.4, 0.5) is 11.4 Å². The summed E-state index contributed by atoms with van der Waals surface area (Å²) in [5.74, 6) is -0.658. The highest BCUT2D eigenvalue weighted by atomic mass is 16.5. The van der Waals surface area contributed by atoms with Crippen LogP contribution in [0.5, 0.6) is 5.75 Å². The van der Waals surface area contributed by atoms with E-state index >= 15 is 0 Å². The van der Waals surface area contributed by atoms with E-state index in [9.17, 15) is 14.4 Å². The quantitative estimate of drug-likeness (QED) is 0.572. The van der Waals surface area contributed by atoms with Crippen molar-refractivity contribution in [2.24, 2.45) is 5.73 Å². The van der Waals surface area contributed by atoms with Crippen LogP contribution in [0.25, 0.3) is 0 Å². The van der Waals surface area contributed by atoms with Gasteiger partial charge in [-0.25, -0.2) is 0 Å². The van der Waals surface area contributed by atoms with Gasteiger partial charge in [-0.1, -0.05) is 0 Å². The summed E-state index contributed by atoms with van der Waals surface area (Å²) >= 11 is 0. The zero-order chi connectivity index (χ0) is 15.8. The number of hydrogen-bond donors (Lipinski definition) is 4. The Morgan fingerprint density at radius 1 is 1.19 bits per heavy atom. The highest BCUT2D eigenvalue weighted by Gasteiger charge is 2.10. The van der Waals surface area contributed by atoms with E-state index in [1.165, 1.54) is 14.0 Å². The van der Waals surface area contributed by atoms with Gasteiger partial charge in [-0.2, -0.15) is 0 Å². The van der Waals surface area contributed by atoms with Crippen molar-refractivity contribution in [3.63, 3.8) is 0 Å². The molecule has 0 atom stereocenters. The Morgan fingerprint density at radius 3 is 2.48 bits per heavy atom. The molecule has 8 nitrogen and oxygen atoms in total. The number of carbonyl (C=O) groups is 3. The van der Waals surface area contributed by atoms with Gasteiger partial charge in [0.2, 0.25) is 17.7 Å². The zero-order valence-electron chi connectivity index (χ0n) is 11.9. The van der Waals surface area contributed by atoms with Crippen LogP contribution in [0, 0.1) is 0 Å². The fourth-order valence-corrected chi connectivity index (χ4v) is 1.53. The Morgan fingerprint density at radius 2 is 1.90 bits per heavy atom. The number of ether oxygens (including phenoxy) is 1. The largest absolute Gasteiger partial charge is 0.495 e. The molecule has 0 radical (unpaired) electrons. The monoisotopic (exact) mass is 294 g/mol. The van der Waals surface area contributed by atoms with Crippen molar-refractivity contribution in [1.29, 1.82) is 0 Å². The van der Waals surface area contributed by atoms with Crippen LogP contribution in [0.2, 0.25) is 0 Å². The number of carbonyl (C=O) groups excluding carboxylic acids is 3. The molecule has 0 heterocycles. The number of amides is 3. The van der Waals surface area contributed by atoms with Gasteiger partial charge in [-0.05, 0) is 18.2 Å². The summed E-state index contributed by atoms with van der Waals surface area (Å²) in [7, 11) is 1.46. The maximum Gasteiger partial charge on any atom is 0.243 e. The third-order valence-corrected chi connectivity index (χ3v) is 2.43. The van der Waals surface area contributed by atoms with E-state index in [2.05, 4.69) is 16.0 Å². The maximum atomic E-state index is 11.7. The highest BCUT2D eigenvalue weighted by Crippen LogP contribution is 2.27. The van der Waals surface area contributed by atoms with E-state index in [4.69, 9.17) is 10.5 Å². The van der Waals surface area contributed by atoms with Crippen LogP contribution in [0.15, 0.2) is 18.2 Å². The number of rotatable bonds is 6. The number of nitrogens with two attached hydrogens (primary N) is 1. The lowest BCUT2D eigenvalue weighted by atomic mass is 10.2. The first-order valence-electron chi connectivity index (χ1n) is 6.18. The van der Waals surface area contributed by atoms with Crippen molar-refractivity contribution >= 4 is 29.1 Å². The van der Waals surface area contributed by atoms with Crippen LogP contribution in [-0.4, -0.2) is 37.9 Å². The van der Waals surface area contributed by atoms with Gasteiger partial charge >= 0.3 is 0 Å². The van der Waals surface area contributed by atoms with Crippen molar-refractivity contribution in [1.82, 2.24) is 5.32 Å². The van der Waals surface area contributed by atoms with Gasteiger partial charge in [-0.15, -0.1) is 0 Å². The normalized spacial score (nSPS) is 9.67. The Labute approximate surface area is 122 Å². The molecule has 0 aliphatic rings. The second-order valence-electron chi connectivity index (χ2n) is 4.13. The van der Waals surface area contributed by atoms with Gasteiger partial charge in [0, 0.05) is 12.6 Å². The van der Waals surface area contributed by atoms with E-state index in [1.807, 2.05) is 0 Å². The Hall–Kier alpha value is -2.61. The first-order valence-corrected chi connectivity index (χ1v) is 6.18. The van der Waals surface area contributed by atoms with Crippen molar-refractivity contribution in [2.45, 2.75) is 6.92 Å². The summed E-state index contributed by atoms with van der Waals surface area (Å²) in [5, 5.41) is 7.53. The molecule has 0 spiro atoms. The van der Waals surface area contributed by atoms with Gasteiger partial charge in [0.1, 0.15) is 5.75 Å². The number of hydrogen-bond acceptors (Lipinski definition) is 5. The SMILES string of the molecule is COc1ccc(NC(C)=O)cc1NC(=O)CNC(=O)CN. The molecule has 0 aliphatic carbocycles. The molecule has 0 saturated carbocycles. The Balaban J connectivity index is 2.77. The lowest BCUT2D eigenvalue weighted by Gasteiger charge is -2.12. The summed E-state index contributed by atoms with van der Waals surface area (Å²) in [6.45, 7) is 0.989. The minimum atomic E-state index is -0.435. The Bertz CT molecular complexity index is 545. The van der Waals surface area contributed by atoms with Gasteiger partial charge in [-0.3, -0.25) is 14.4 Å². The van der Waals surface area contributed by atoms with E-state index in [0.29, 0.717) is 17.1 Å². The smallest absolute Gasteiger partial charge is 0.243 e. The second-order valence-corrected chi connectivity index (χ2v) is 4.13. The van der Waals surface area contributed by atoms with Gasteiger partial charge in [0.05, 0.1) is 25.9 Å². The zero-order valence-corrected chi connectivity index (χ0v) is 11.9. The molecule has 1 rings (SSSR count). The molecule has 1 aromatic rings. The molecule has 21 heavy (non-hydrogen) atoms. The first kappa shape index (κ1) is 16.4. The molecular formula is C13H18N4O4. The highest BCUT2D eigenvalue weighted by molar-refractivity contribution is 5.97. The number of anilines is 2. The van der Waals surface area contributed by atoms with E-state index in [0.717, 1.165) is 0 Å². The van der Waals surface area contributed by atoms with Gasteiger partial charge < -0.3 is 26.4 Å². The average molecular weight is 294 g/mol. The lowest BCUT2D eigenvalue weighted by Crippen LogP contribution is -2.36. The number of nitrogens with one attached hydrogen (secondary N) is 3. The molecule has 0 saturated heterocycles. The summed E-state index contributed by atoms with van der Waals surface area (Å²) in [6.07, 6.45) is 0.